The Hall–Kier alpha value is -0.733. The van der Waals surface area contributed by atoms with E-state index in [0.717, 1.165) is 34.6 Å². The molecule has 0 unspecified atom stereocenters. The largest absolute Gasteiger partial charge is 0.370 e. The predicted molar refractivity (Wildman–Crippen MR) is 69.8 cm³/mol. The molecule has 0 fully saturated rings. The average Bonchev–Trinajstić information content (AvgIpc) is 2.21. The van der Waals surface area contributed by atoms with Crippen molar-refractivity contribution in [2.75, 3.05) is 18.0 Å². The molecular weight excluding hydrogens is 222 g/mol. The Morgan fingerprint density at radius 1 is 1.40 bits per heavy atom. The summed E-state index contributed by atoms with van der Waals surface area (Å²) in [5.74, 6) is 0. The molecule has 1 aromatic carbocycles. The molecule has 1 rings (SSSR count). The molecular formula is C12H15ClNSi. The van der Waals surface area contributed by atoms with Crippen LogP contribution in [0.15, 0.2) is 24.8 Å². The fourth-order valence-electron chi connectivity index (χ4n) is 1.62. The molecule has 0 N–H and O–H groups in total. The lowest BCUT2D eigenvalue weighted by Crippen LogP contribution is -2.23. The molecule has 0 heterocycles. The second kappa shape index (κ2) is 5.38. The van der Waals surface area contributed by atoms with Gasteiger partial charge in [-0.25, -0.2) is 0 Å². The maximum atomic E-state index is 6.22. The van der Waals surface area contributed by atoms with Crippen LogP contribution in [-0.2, 0) is 0 Å². The van der Waals surface area contributed by atoms with Crippen molar-refractivity contribution in [3.05, 3.63) is 35.4 Å². The van der Waals surface area contributed by atoms with Crippen LogP contribution < -0.4 is 4.90 Å². The topological polar surface area (TPSA) is 3.24 Å². The lowest BCUT2D eigenvalue weighted by molar-refractivity contribution is 0.865. The van der Waals surface area contributed by atoms with E-state index in [0.29, 0.717) is 0 Å². The molecule has 0 aromatic heterocycles. The van der Waals surface area contributed by atoms with E-state index in [9.17, 15) is 0 Å². The Balaban J connectivity index is 3.29. The predicted octanol–water partition coefficient (Wildman–Crippen LogP) is 3.33. The van der Waals surface area contributed by atoms with Crippen molar-refractivity contribution in [3.63, 3.8) is 0 Å². The average molecular weight is 237 g/mol. The highest BCUT2D eigenvalue weighted by Crippen LogP contribution is 2.32. The monoisotopic (exact) mass is 236 g/mol. The lowest BCUT2D eigenvalue weighted by Gasteiger charge is -2.25. The number of anilines is 1. The van der Waals surface area contributed by atoms with E-state index in [2.05, 4.69) is 35.6 Å². The van der Waals surface area contributed by atoms with Crippen molar-refractivity contribution in [2.24, 2.45) is 0 Å². The highest BCUT2D eigenvalue weighted by Gasteiger charge is 2.12. The van der Waals surface area contributed by atoms with Gasteiger partial charge in [-0.1, -0.05) is 35.5 Å². The van der Waals surface area contributed by atoms with Gasteiger partial charge in [-0.2, -0.15) is 0 Å². The smallest absolute Gasteiger partial charge is 0.0712 e. The van der Waals surface area contributed by atoms with Gasteiger partial charge in [-0.15, -0.1) is 0 Å². The first-order valence-electron chi connectivity index (χ1n) is 5.06. The number of hydrogen-bond acceptors (Lipinski definition) is 1. The maximum absolute atomic E-state index is 6.22. The molecule has 79 valence electrons. The molecule has 0 bridgehead atoms. The number of halogens is 1. The first-order chi connectivity index (χ1) is 7.11. The molecule has 1 nitrogen and oxygen atoms in total. The van der Waals surface area contributed by atoms with Crippen LogP contribution >= 0.6 is 11.6 Å². The third-order valence-corrected chi connectivity index (χ3v) is 2.97. The fourth-order valence-corrected chi connectivity index (χ4v) is 2.12. The summed E-state index contributed by atoms with van der Waals surface area (Å²) in [5, 5.41) is 1.63. The van der Waals surface area contributed by atoms with Crippen LogP contribution in [0.5, 0.6) is 0 Å². The van der Waals surface area contributed by atoms with Crippen LogP contribution in [0.4, 0.5) is 5.69 Å². The second-order valence-electron chi connectivity index (χ2n) is 3.29. The standard InChI is InChI=1S/C12H15ClNSi/c1-4-14(5-2)12-10(9(3)15)7-6-8-11(12)13/h6-8H,3-5H2,1-2H3. The summed E-state index contributed by atoms with van der Waals surface area (Å²) >= 11 is 6.22. The van der Waals surface area contributed by atoms with Gasteiger partial charge in [-0.3, -0.25) is 0 Å². The molecule has 0 spiro atoms. The van der Waals surface area contributed by atoms with E-state index in [-0.39, 0.29) is 0 Å². The van der Waals surface area contributed by atoms with Gasteiger partial charge in [0, 0.05) is 13.1 Å². The van der Waals surface area contributed by atoms with Gasteiger partial charge in [-0.05, 0) is 25.5 Å². The number of para-hydroxylation sites is 1. The van der Waals surface area contributed by atoms with Crippen molar-refractivity contribution in [1.82, 2.24) is 0 Å². The Morgan fingerprint density at radius 2 is 2.00 bits per heavy atom. The molecule has 3 heteroatoms. The third kappa shape index (κ3) is 2.64. The molecule has 3 radical (unpaired) electrons. The normalized spacial score (nSPS) is 10.1. The number of benzene rings is 1. The summed E-state index contributed by atoms with van der Waals surface area (Å²) in [5.41, 5.74) is 2.12. The first kappa shape index (κ1) is 12.3. The van der Waals surface area contributed by atoms with E-state index in [1.807, 2.05) is 18.2 Å². The van der Waals surface area contributed by atoms with Gasteiger partial charge in [0.2, 0.25) is 0 Å². The minimum atomic E-state index is 0.774. The van der Waals surface area contributed by atoms with Crippen LogP contribution in [0.3, 0.4) is 0 Å². The van der Waals surface area contributed by atoms with E-state index in [1.165, 1.54) is 0 Å². The zero-order chi connectivity index (χ0) is 11.4. The van der Waals surface area contributed by atoms with E-state index < -0.39 is 0 Å². The summed E-state index contributed by atoms with van der Waals surface area (Å²) in [4.78, 5) is 2.23. The van der Waals surface area contributed by atoms with Crippen LogP contribution in [-0.4, -0.2) is 23.3 Å². The van der Waals surface area contributed by atoms with Crippen LogP contribution in [0.2, 0.25) is 5.02 Å². The Kier molecular flexibility index (Phi) is 4.42. The minimum Gasteiger partial charge on any atom is -0.370 e. The van der Waals surface area contributed by atoms with Gasteiger partial charge in [0.05, 0.1) is 21.0 Å². The van der Waals surface area contributed by atoms with Gasteiger partial charge in [0.25, 0.3) is 0 Å². The molecule has 0 amide bonds. The van der Waals surface area contributed by atoms with Gasteiger partial charge < -0.3 is 4.90 Å². The van der Waals surface area contributed by atoms with Gasteiger partial charge in [0.1, 0.15) is 0 Å². The maximum Gasteiger partial charge on any atom is 0.0712 e. The first-order valence-corrected chi connectivity index (χ1v) is 5.93. The van der Waals surface area contributed by atoms with Crippen LogP contribution in [0.25, 0.3) is 5.20 Å². The highest BCUT2D eigenvalue weighted by molar-refractivity contribution is 6.43. The SMILES string of the molecule is C=C([Si])c1cccc(Cl)c1N(CC)CC. The molecule has 0 aliphatic heterocycles. The van der Waals surface area contributed by atoms with E-state index in [1.54, 1.807) is 0 Å². The van der Waals surface area contributed by atoms with E-state index in [4.69, 9.17) is 11.6 Å². The quantitative estimate of drug-likeness (QED) is 0.725. The Bertz CT molecular complexity index is 359. The minimum absolute atomic E-state index is 0.774. The van der Waals surface area contributed by atoms with E-state index >= 15 is 0 Å². The molecule has 1 aromatic rings. The molecule has 0 atom stereocenters. The Labute approximate surface area is 100 Å². The summed E-state index contributed by atoms with van der Waals surface area (Å²) < 4.78 is 0. The van der Waals surface area contributed by atoms with Gasteiger partial charge in [0.15, 0.2) is 0 Å². The summed E-state index contributed by atoms with van der Waals surface area (Å²) in [6.45, 7) is 10.0. The van der Waals surface area contributed by atoms with Crippen molar-refractivity contribution in [2.45, 2.75) is 13.8 Å². The Morgan fingerprint density at radius 3 is 2.47 bits per heavy atom. The zero-order valence-electron chi connectivity index (χ0n) is 9.18. The number of nitrogens with zero attached hydrogens (tertiary/aromatic N) is 1. The van der Waals surface area contributed by atoms with Crippen molar-refractivity contribution >= 4 is 32.7 Å². The van der Waals surface area contributed by atoms with Crippen molar-refractivity contribution < 1.29 is 0 Å². The molecule has 0 saturated carbocycles. The van der Waals surface area contributed by atoms with Crippen molar-refractivity contribution in [3.8, 4) is 0 Å². The third-order valence-electron chi connectivity index (χ3n) is 2.39. The lowest BCUT2D eigenvalue weighted by atomic mass is 10.1. The molecule has 0 aliphatic rings. The van der Waals surface area contributed by atoms with Crippen LogP contribution in [0.1, 0.15) is 19.4 Å². The fraction of sp³-hybridized carbons (Fsp3) is 0.333. The highest BCUT2D eigenvalue weighted by atomic mass is 35.5. The summed E-state index contributed by atoms with van der Waals surface area (Å²) in [6.07, 6.45) is 0. The number of rotatable bonds is 4. The number of hydrogen-bond donors (Lipinski definition) is 0. The summed E-state index contributed by atoms with van der Waals surface area (Å²) in [7, 11) is 3.47. The molecule has 0 saturated heterocycles. The summed E-state index contributed by atoms with van der Waals surface area (Å²) in [6, 6.07) is 5.87. The molecule has 0 aliphatic carbocycles. The second-order valence-corrected chi connectivity index (χ2v) is 4.30. The van der Waals surface area contributed by atoms with Crippen LogP contribution in [0, 0.1) is 0 Å². The van der Waals surface area contributed by atoms with Gasteiger partial charge >= 0.3 is 0 Å². The zero-order valence-corrected chi connectivity index (χ0v) is 10.9. The molecule has 15 heavy (non-hydrogen) atoms. The van der Waals surface area contributed by atoms with Crippen molar-refractivity contribution in [1.29, 1.82) is 0 Å².